The predicted molar refractivity (Wildman–Crippen MR) is 107 cm³/mol. The quantitative estimate of drug-likeness (QED) is 0.616. The summed E-state index contributed by atoms with van der Waals surface area (Å²) in [5.41, 5.74) is 1.88. The molecule has 6 nitrogen and oxygen atoms in total. The SMILES string of the molecule is COc1ccc(CNC(=O)CN(Cc2ccc(OC)cc2)C(=O)CBr)cc1. The molecule has 2 aromatic rings. The normalized spacial score (nSPS) is 10.2. The summed E-state index contributed by atoms with van der Waals surface area (Å²) >= 11 is 3.18. The van der Waals surface area contributed by atoms with Crippen LogP contribution in [0.2, 0.25) is 0 Å². The number of halogens is 1. The van der Waals surface area contributed by atoms with E-state index in [0.717, 1.165) is 22.6 Å². The van der Waals surface area contributed by atoms with E-state index in [4.69, 9.17) is 9.47 Å². The molecule has 0 unspecified atom stereocenters. The lowest BCUT2D eigenvalue weighted by molar-refractivity contribution is -0.134. The van der Waals surface area contributed by atoms with Crippen LogP contribution in [0, 0.1) is 0 Å². The first-order valence-corrected chi connectivity index (χ1v) is 9.54. The number of alkyl halides is 1. The van der Waals surface area contributed by atoms with Gasteiger partial charge in [-0.25, -0.2) is 0 Å². The number of nitrogens with zero attached hydrogens (tertiary/aromatic N) is 1. The molecular formula is C20H23BrN2O4. The summed E-state index contributed by atoms with van der Waals surface area (Å²) in [4.78, 5) is 26.0. The number of hydrogen-bond acceptors (Lipinski definition) is 4. The van der Waals surface area contributed by atoms with E-state index < -0.39 is 0 Å². The van der Waals surface area contributed by atoms with Gasteiger partial charge in [0.25, 0.3) is 0 Å². The van der Waals surface area contributed by atoms with E-state index in [2.05, 4.69) is 21.2 Å². The third-order valence-electron chi connectivity index (χ3n) is 3.98. The Labute approximate surface area is 167 Å². The maximum atomic E-state index is 12.3. The highest BCUT2D eigenvalue weighted by Crippen LogP contribution is 2.14. The van der Waals surface area contributed by atoms with E-state index in [-0.39, 0.29) is 23.7 Å². The van der Waals surface area contributed by atoms with Crippen molar-refractivity contribution in [2.75, 3.05) is 26.1 Å². The Kier molecular flexibility index (Phi) is 8.13. The van der Waals surface area contributed by atoms with Crippen molar-refractivity contribution < 1.29 is 19.1 Å². The lowest BCUT2D eigenvalue weighted by Crippen LogP contribution is -2.40. The summed E-state index contributed by atoms with van der Waals surface area (Å²) in [5.74, 6) is 1.15. The Bertz CT molecular complexity index is 748. The van der Waals surface area contributed by atoms with Gasteiger partial charge in [0.2, 0.25) is 11.8 Å². The molecule has 2 amide bonds. The minimum Gasteiger partial charge on any atom is -0.497 e. The van der Waals surface area contributed by atoms with Crippen LogP contribution in [-0.4, -0.2) is 42.8 Å². The van der Waals surface area contributed by atoms with E-state index in [1.807, 2.05) is 48.5 Å². The van der Waals surface area contributed by atoms with Crippen molar-refractivity contribution in [1.82, 2.24) is 10.2 Å². The summed E-state index contributed by atoms with van der Waals surface area (Å²) in [6, 6.07) is 14.9. The number of nitrogens with one attached hydrogen (secondary N) is 1. The van der Waals surface area contributed by atoms with Crippen LogP contribution >= 0.6 is 15.9 Å². The number of hydrogen-bond donors (Lipinski definition) is 1. The summed E-state index contributed by atoms with van der Waals surface area (Å²) in [6.45, 7) is 0.735. The monoisotopic (exact) mass is 434 g/mol. The number of amides is 2. The van der Waals surface area contributed by atoms with E-state index in [0.29, 0.717) is 13.1 Å². The molecule has 1 N–H and O–H groups in total. The fourth-order valence-corrected chi connectivity index (χ4v) is 2.80. The Hall–Kier alpha value is -2.54. The van der Waals surface area contributed by atoms with Gasteiger partial charge in [-0.05, 0) is 35.4 Å². The molecule has 7 heteroatoms. The van der Waals surface area contributed by atoms with Crippen molar-refractivity contribution in [2.24, 2.45) is 0 Å². The Morgan fingerprint density at radius 3 is 1.93 bits per heavy atom. The first-order chi connectivity index (χ1) is 13.0. The molecule has 0 atom stereocenters. The molecule has 0 saturated heterocycles. The summed E-state index contributed by atoms with van der Waals surface area (Å²) in [5, 5.41) is 3.00. The van der Waals surface area contributed by atoms with Gasteiger partial charge in [-0.15, -0.1) is 0 Å². The van der Waals surface area contributed by atoms with Crippen LogP contribution in [-0.2, 0) is 22.7 Å². The van der Waals surface area contributed by atoms with Gasteiger partial charge in [0.05, 0.1) is 26.1 Å². The van der Waals surface area contributed by atoms with Crippen LogP contribution in [0.4, 0.5) is 0 Å². The van der Waals surface area contributed by atoms with Crippen LogP contribution in [0.15, 0.2) is 48.5 Å². The first-order valence-electron chi connectivity index (χ1n) is 8.42. The fraction of sp³-hybridized carbons (Fsp3) is 0.300. The van der Waals surface area contributed by atoms with E-state index in [1.165, 1.54) is 4.90 Å². The zero-order chi connectivity index (χ0) is 19.6. The maximum Gasteiger partial charge on any atom is 0.239 e. The molecular weight excluding hydrogens is 412 g/mol. The minimum atomic E-state index is -0.214. The molecule has 0 saturated carbocycles. The second kappa shape index (κ2) is 10.6. The van der Waals surface area contributed by atoms with Crippen molar-refractivity contribution in [3.8, 4) is 11.5 Å². The molecule has 144 valence electrons. The lowest BCUT2D eigenvalue weighted by atomic mass is 10.2. The topological polar surface area (TPSA) is 67.9 Å². The lowest BCUT2D eigenvalue weighted by Gasteiger charge is -2.21. The van der Waals surface area contributed by atoms with Gasteiger partial charge in [-0.3, -0.25) is 9.59 Å². The minimum absolute atomic E-state index is 0.00732. The molecule has 0 bridgehead atoms. The second-order valence-electron chi connectivity index (χ2n) is 5.86. The molecule has 0 radical (unpaired) electrons. The van der Waals surface area contributed by atoms with Crippen molar-refractivity contribution in [3.05, 3.63) is 59.7 Å². The van der Waals surface area contributed by atoms with Crippen molar-refractivity contribution in [2.45, 2.75) is 13.1 Å². The van der Waals surface area contributed by atoms with Crippen LogP contribution in [0.3, 0.4) is 0 Å². The third-order valence-corrected chi connectivity index (χ3v) is 4.46. The van der Waals surface area contributed by atoms with Crippen molar-refractivity contribution in [3.63, 3.8) is 0 Å². The molecule has 2 aromatic carbocycles. The molecule has 0 fully saturated rings. The first kappa shape index (κ1) is 20.8. The summed E-state index contributed by atoms with van der Waals surface area (Å²) in [7, 11) is 3.21. The van der Waals surface area contributed by atoms with E-state index >= 15 is 0 Å². The molecule has 0 aromatic heterocycles. The van der Waals surface area contributed by atoms with Gasteiger partial charge in [-0.2, -0.15) is 0 Å². The average Bonchev–Trinajstić information content (AvgIpc) is 2.72. The van der Waals surface area contributed by atoms with Crippen molar-refractivity contribution in [1.29, 1.82) is 0 Å². The van der Waals surface area contributed by atoms with Gasteiger partial charge in [-0.1, -0.05) is 40.2 Å². The standard InChI is InChI=1S/C20H23BrN2O4/c1-26-17-7-3-15(4-8-17)12-22-19(24)14-23(20(25)11-21)13-16-5-9-18(27-2)10-6-16/h3-10H,11-14H2,1-2H3,(H,22,24). The highest BCUT2D eigenvalue weighted by Gasteiger charge is 2.16. The molecule has 0 aliphatic heterocycles. The highest BCUT2D eigenvalue weighted by atomic mass is 79.9. The maximum absolute atomic E-state index is 12.3. The zero-order valence-corrected chi connectivity index (χ0v) is 17.0. The average molecular weight is 435 g/mol. The summed E-state index contributed by atoms with van der Waals surface area (Å²) in [6.07, 6.45) is 0. The molecule has 0 aliphatic carbocycles. The van der Waals surface area contributed by atoms with Crippen LogP contribution in [0.5, 0.6) is 11.5 Å². The second-order valence-corrected chi connectivity index (χ2v) is 6.42. The Morgan fingerprint density at radius 1 is 0.926 bits per heavy atom. The van der Waals surface area contributed by atoms with Gasteiger partial charge in [0, 0.05) is 13.1 Å². The number of methoxy groups -OCH3 is 2. The van der Waals surface area contributed by atoms with Crippen molar-refractivity contribution >= 4 is 27.7 Å². The van der Waals surface area contributed by atoms with Crippen LogP contribution in [0.1, 0.15) is 11.1 Å². The van der Waals surface area contributed by atoms with Gasteiger partial charge in [0.15, 0.2) is 0 Å². The van der Waals surface area contributed by atoms with Gasteiger partial charge in [0.1, 0.15) is 11.5 Å². The molecule has 2 rings (SSSR count). The number of carbonyl (C=O) groups is 2. The molecule has 0 spiro atoms. The Morgan fingerprint density at radius 2 is 1.44 bits per heavy atom. The van der Waals surface area contributed by atoms with E-state index in [9.17, 15) is 9.59 Å². The van der Waals surface area contributed by atoms with Crippen LogP contribution in [0.25, 0.3) is 0 Å². The summed E-state index contributed by atoms with van der Waals surface area (Å²) < 4.78 is 10.2. The number of rotatable bonds is 9. The largest absolute Gasteiger partial charge is 0.497 e. The number of carbonyl (C=O) groups excluding carboxylic acids is 2. The fourth-order valence-electron chi connectivity index (χ4n) is 2.44. The van der Waals surface area contributed by atoms with Crippen LogP contribution < -0.4 is 14.8 Å². The smallest absolute Gasteiger partial charge is 0.239 e. The van der Waals surface area contributed by atoms with Gasteiger partial charge >= 0.3 is 0 Å². The molecule has 0 aliphatic rings. The van der Waals surface area contributed by atoms with E-state index in [1.54, 1.807) is 14.2 Å². The zero-order valence-electron chi connectivity index (χ0n) is 15.4. The molecule has 27 heavy (non-hydrogen) atoms. The number of benzene rings is 2. The highest BCUT2D eigenvalue weighted by molar-refractivity contribution is 9.09. The van der Waals surface area contributed by atoms with Gasteiger partial charge < -0.3 is 19.7 Å². The Balaban J connectivity index is 1.93. The third kappa shape index (κ3) is 6.60. The molecule has 0 heterocycles. The predicted octanol–water partition coefficient (Wildman–Crippen LogP) is 2.74. The number of ether oxygens (including phenoxy) is 2.